The minimum absolute atomic E-state index is 0.644. The van der Waals surface area contributed by atoms with Gasteiger partial charge in [0, 0.05) is 30.2 Å². The molecule has 1 heterocycles. The van der Waals surface area contributed by atoms with Crippen LogP contribution in [0.2, 0.25) is 0 Å². The van der Waals surface area contributed by atoms with Crippen LogP contribution in [0, 0.1) is 0 Å². The predicted octanol–water partition coefficient (Wildman–Crippen LogP) is 2.48. The molecule has 1 aromatic rings. The van der Waals surface area contributed by atoms with Crippen LogP contribution in [0.1, 0.15) is 5.56 Å². The maximum Gasteiger partial charge on any atom is 0.127 e. The number of ether oxygens (including phenoxy) is 3. The van der Waals surface area contributed by atoms with Crippen LogP contribution >= 0.6 is 15.9 Å². The van der Waals surface area contributed by atoms with Gasteiger partial charge in [0.2, 0.25) is 0 Å². The lowest BCUT2D eigenvalue weighted by Gasteiger charge is -2.18. The molecule has 0 amide bonds. The number of halogens is 1. The number of fused-ring (bicyclic) bond motifs is 1. The van der Waals surface area contributed by atoms with E-state index in [1.807, 2.05) is 12.1 Å². The second kappa shape index (κ2) is 8.42. The summed E-state index contributed by atoms with van der Waals surface area (Å²) in [5, 5.41) is 3.35. The molecular formula is C15H20BrNO3. The maximum absolute atomic E-state index is 5.72. The van der Waals surface area contributed by atoms with Crippen molar-refractivity contribution in [1.29, 1.82) is 0 Å². The molecule has 0 aromatic heterocycles. The van der Waals surface area contributed by atoms with Crippen molar-refractivity contribution in [3.05, 3.63) is 33.8 Å². The van der Waals surface area contributed by atoms with E-state index in [0.29, 0.717) is 26.4 Å². The highest BCUT2D eigenvalue weighted by Crippen LogP contribution is 2.28. The minimum Gasteiger partial charge on any atom is -0.489 e. The van der Waals surface area contributed by atoms with Crippen LogP contribution in [0.3, 0.4) is 0 Å². The van der Waals surface area contributed by atoms with E-state index in [-0.39, 0.29) is 0 Å². The van der Waals surface area contributed by atoms with Crippen molar-refractivity contribution in [2.45, 2.75) is 0 Å². The van der Waals surface area contributed by atoms with E-state index in [1.54, 1.807) is 7.11 Å². The van der Waals surface area contributed by atoms with E-state index >= 15 is 0 Å². The second-order valence-corrected chi connectivity index (χ2v) is 5.47. The first kappa shape index (κ1) is 15.5. The fraction of sp³-hybridized carbons (Fsp3) is 0.467. The quantitative estimate of drug-likeness (QED) is 0.737. The van der Waals surface area contributed by atoms with Crippen LogP contribution in [0.5, 0.6) is 5.75 Å². The van der Waals surface area contributed by atoms with Gasteiger partial charge in [-0.25, -0.2) is 0 Å². The Labute approximate surface area is 128 Å². The lowest BCUT2D eigenvalue weighted by Crippen LogP contribution is -2.25. The van der Waals surface area contributed by atoms with Crippen LogP contribution < -0.4 is 10.1 Å². The van der Waals surface area contributed by atoms with Crippen molar-refractivity contribution in [3.63, 3.8) is 0 Å². The lowest BCUT2D eigenvalue weighted by molar-refractivity contribution is 0.0722. The molecule has 1 aliphatic heterocycles. The van der Waals surface area contributed by atoms with Crippen molar-refractivity contribution in [3.8, 4) is 5.75 Å². The minimum atomic E-state index is 0.644. The summed E-state index contributed by atoms with van der Waals surface area (Å²) in [5.74, 6) is 0.944. The van der Waals surface area contributed by atoms with Gasteiger partial charge in [0.05, 0.1) is 19.8 Å². The Kier molecular flexibility index (Phi) is 6.53. The summed E-state index contributed by atoms with van der Waals surface area (Å²) in [4.78, 5) is 0. The third-order valence-corrected chi connectivity index (χ3v) is 3.44. The Morgan fingerprint density at radius 1 is 1.30 bits per heavy atom. The molecule has 0 saturated heterocycles. The number of methoxy groups -OCH3 is 1. The molecule has 0 aliphatic carbocycles. The smallest absolute Gasteiger partial charge is 0.127 e. The average Bonchev–Trinajstić information content (AvgIpc) is 2.46. The first-order valence-corrected chi connectivity index (χ1v) is 7.48. The summed E-state index contributed by atoms with van der Waals surface area (Å²) in [7, 11) is 1.67. The van der Waals surface area contributed by atoms with Gasteiger partial charge >= 0.3 is 0 Å². The van der Waals surface area contributed by atoms with Crippen molar-refractivity contribution in [2.75, 3.05) is 46.6 Å². The van der Waals surface area contributed by atoms with Gasteiger partial charge in [0.25, 0.3) is 0 Å². The van der Waals surface area contributed by atoms with Crippen LogP contribution in [0.4, 0.5) is 0 Å². The van der Waals surface area contributed by atoms with E-state index in [1.165, 1.54) is 5.57 Å². The van der Waals surface area contributed by atoms with Crippen molar-refractivity contribution in [1.82, 2.24) is 5.32 Å². The third-order valence-electron chi connectivity index (χ3n) is 2.95. The molecule has 4 nitrogen and oxygen atoms in total. The van der Waals surface area contributed by atoms with Gasteiger partial charge in [-0.15, -0.1) is 0 Å². The van der Waals surface area contributed by atoms with E-state index in [9.17, 15) is 0 Å². The van der Waals surface area contributed by atoms with Gasteiger partial charge < -0.3 is 19.5 Å². The van der Waals surface area contributed by atoms with Crippen LogP contribution in [-0.4, -0.2) is 46.6 Å². The van der Waals surface area contributed by atoms with Gasteiger partial charge in [-0.1, -0.05) is 15.9 Å². The van der Waals surface area contributed by atoms with Gasteiger partial charge in [-0.3, -0.25) is 0 Å². The predicted molar refractivity (Wildman–Crippen MR) is 83.2 cm³/mol. The summed E-state index contributed by atoms with van der Waals surface area (Å²) < 4.78 is 17.1. The van der Waals surface area contributed by atoms with Crippen molar-refractivity contribution >= 4 is 22.0 Å². The number of hydrogen-bond acceptors (Lipinski definition) is 4. The van der Waals surface area contributed by atoms with Crippen molar-refractivity contribution < 1.29 is 14.2 Å². The molecular weight excluding hydrogens is 322 g/mol. The van der Waals surface area contributed by atoms with Gasteiger partial charge in [-0.05, 0) is 29.8 Å². The van der Waals surface area contributed by atoms with Crippen LogP contribution in [0.25, 0.3) is 6.08 Å². The molecule has 0 saturated carbocycles. The van der Waals surface area contributed by atoms with Gasteiger partial charge in [0.1, 0.15) is 12.4 Å². The molecule has 110 valence electrons. The second-order valence-electron chi connectivity index (χ2n) is 4.56. The van der Waals surface area contributed by atoms with Crippen molar-refractivity contribution in [2.24, 2.45) is 0 Å². The Bertz CT molecular complexity index is 462. The monoisotopic (exact) mass is 341 g/mol. The molecule has 0 fully saturated rings. The summed E-state index contributed by atoms with van der Waals surface area (Å²) in [6, 6.07) is 6.05. The van der Waals surface area contributed by atoms with E-state index in [4.69, 9.17) is 14.2 Å². The largest absolute Gasteiger partial charge is 0.489 e. The van der Waals surface area contributed by atoms with E-state index < -0.39 is 0 Å². The highest BCUT2D eigenvalue weighted by molar-refractivity contribution is 9.10. The molecule has 0 radical (unpaired) electrons. The highest BCUT2D eigenvalue weighted by atomic mass is 79.9. The molecule has 0 atom stereocenters. The fourth-order valence-corrected chi connectivity index (χ4v) is 2.31. The van der Waals surface area contributed by atoms with E-state index in [2.05, 4.69) is 33.4 Å². The first-order valence-electron chi connectivity index (χ1n) is 6.69. The molecule has 1 aliphatic rings. The highest BCUT2D eigenvalue weighted by Gasteiger charge is 2.11. The molecule has 20 heavy (non-hydrogen) atoms. The number of rotatable bonds is 8. The molecule has 1 aromatic carbocycles. The number of hydrogen-bond donors (Lipinski definition) is 1. The standard InChI is InChI=1S/C15H20BrNO3/c1-18-6-7-19-5-4-17-10-12-8-13-9-14(16)2-3-15(13)20-11-12/h2-3,8-9,17H,4-7,10-11H2,1H3. The Morgan fingerprint density at radius 3 is 3.05 bits per heavy atom. The van der Waals surface area contributed by atoms with Crippen LogP contribution in [0.15, 0.2) is 28.2 Å². The zero-order valence-electron chi connectivity index (χ0n) is 11.7. The zero-order chi connectivity index (χ0) is 14.2. The molecule has 0 unspecified atom stereocenters. The summed E-state index contributed by atoms with van der Waals surface area (Å²) in [5.41, 5.74) is 2.37. The normalized spacial score (nSPS) is 13.6. The molecule has 5 heteroatoms. The Hall–Kier alpha value is -0.880. The first-order chi connectivity index (χ1) is 9.79. The average molecular weight is 342 g/mol. The molecule has 0 bridgehead atoms. The van der Waals surface area contributed by atoms with Crippen LogP contribution in [-0.2, 0) is 9.47 Å². The van der Waals surface area contributed by atoms with E-state index in [0.717, 1.165) is 28.9 Å². The van der Waals surface area contributed by atoms with Gasteiger partial charge in [0.15, 0.2) is 0 Å². The lowest BCUT2D eigenvalue weighted by atomic mass is 10.1. The molecule has 2 rings (SSSR count). The maximum atomic E-state index is 5.72. The number of benzene rings is 1. The molecule has 0 spiro atoms. The summed E-state index contributed by atoms with van der Waals surface area (Å²) in [6.45, 7) is 4.27. The Morgan fingerprint density at radius 2 is 2.20 bits per heavy atom. The number of nitrogens with one attached hydrogen (secondary N) is 1. The third kappa shape index (κ3) is 4.90. The summed E-state index contributed by atoms with van der Waals surface area (Å²) in [6.07, 6.45) is 2.18. The zero-order valence-corrected chi connectivity index (χ0v) is 13.2. The fourth-order valence-electron chi connectivity index (χ4n) is 1.94. The van der Waals surface area contributed by atoms with Gasteiger partial charge in [-0.2, -0.15) is 0 Å². The summed E-state index contributed by atoms with van der Waals surface area (Å²) >= 11 is 3.48. The topological polar surface area (TPSA) is 39.7 Å². The SMILES string of the molecule is COCCOCCNCC1=Cc2cc(Br)ccc2OC1. The molecule has 1 N–H and O–H groups in total. The Balaban J connectivity index is 1.72.